The summed E-state index contributed by atoms with van der Waals surface area (Å²) in [5.74, 6) is 0.224. The zero-order valence-electron chi connectivity index (χ0n) is 16.9. The van der Waals surface area contributed by atoms with Crippen LogP contribution < -0.4 is 15.8 Å². The molecule has 3 heterocycles. The quantitative estimate of drug-likeness (QED) is 0.424. The van der Waals surface area contributed by atoms with Crippen molar-refractivity contribution in [2.45, 2.75) is 19.6 Å². The van der Waals surface area contributed by atoms with Gasteiger partial charge in [-0.2, -0.15) is 5.10 Å². The summed E-state index contributed by atoms with van der Waals surface area (Å²) in [5, 5.41) is 21.8. The monoisotopic (exact) mass is 440 g/mol. The number of fused-ring (bicyclic) bond motifs is 1. The van der Waals surface area contributed by atoms with E-state index in [1.165, 1.54) is 6.20 Å². The van der Waals surface area contributed by atoms with E-state index in [4.69, 9.17) is 22.1 Å². The molecule has 0 aliphatic carbocycles. The molecule has 0 radical (unpaired) electrons. The zero-order chi connectivity index (χ0) is 22.1. The molecule has 10 heteroatoms. The molecule has 0 saturated heterocycles. The van der Waals surface area contributed by atoms with Crippen molar-refractivity contribution in [1.29, 1.82) is 0 Å². The van der Waals surface area contributed by atoms with E-state index in [0.717, 1.165) is 0 Å². The number of hydrogen-bond acceptors (Lipinski definition) is 6. The lowest BCUT2D eigenvalue weighted by Crippen LogP contribution is -2.16. The highest BCUT2D eigenvalue weighted by Gasteiger charge is 2.23. The van der Waals surface area contributed by atoms with Gasteiger partial charge in [-0.1, -0.05) is 17.7 Å². The van der Waals surface area contributed by atoms with Gasteiger partial charge < -0.3 is 20.9 Å². The van der Waals surface area contributed by atoms with E-state index < -0.39 is 12.0 Å². The Kier molecular flexibility index (Phi) is 5.53. The van der Waals surface area contributed by atoms with Crippen molar-refractivity contribution in [3.05, 3.63) is 59.4 Å². The second-order valence-electron chi connectivity index (χ2n) is 7.03. The Morgan fingerprint density at radius 3 is 2.90 bits per heavy atom. The number of methoxy groups -OCH3 is 1. The van der Waals surface area contributed by atoms with Crippen molar-refractivity contribution < 1.29 is 14.6 Å². The molecule has 9 nitrogen and oxygen atoms in total. The number of aliphatic hydroxyl groups is 1. The molecule has 1 atom stereocenters. The lowest BCUT2D eigenvalue weighted by Gasteiger charge is -2.15. The first-order valence-electron chi connectivity index (χ1n) is 9.51. The van der Waals surface area contributed by atoms with Gasteiger partial charge in [-0.05, 0) is 37.3 Å². The molecule has 0 unspecified atom stereocenters. The third-order valence-corrected chi connectivity index (χ3v) is 4.97. The molecule has 0 aliphatic rings. The number of amides is 1. The van der Waals surface area contributed by atoms with Crippen LogP contribution in [0.3, 0.4) is 0 Å². The predicted molar refractivity (Wildman–Crippen MR) is 118 cm³/mol. The van der Waals surface area contributed by atoms with Crippen LogP contribution in [0.5, 0.6) is 5.75 Å². The molecular formula is C21H21ClN6O3. The van der Waals surface area contributed by atoms with E-state index in [0.29, 0.717) is 33.2 Å². The molecule has 31 heavy (non-hydrogen) atoms. The molecule has 1 aromatic carbocycles. The number of halogens is 1. The first-order valence-corrected chi connectivity index (χ1v) is 9.88. The summed E-state index contributed by atoms with van der Waals surface area (Å²) in [6.45, 7) is 1.86. The predicted octanol–water partition coefficient (Wildman–Crippen LogP) is 3.08. The van der Waals surface area contributed by atoms with E-state index in [1.807, 2.05) is 0 Å². The van der Waals surface area contributed by atoms with Crippen LogP contribution in [-0.4, -0.2) is 43.6 Å². The number of nitrogens with two attached hydrogens (primary N) is 1. The number of carbonyl (C=O) groups excluding carboxylic acids is 1. The maximum absolute atomic E-state index is 13.2. The van der Waals surface area contributed by atoms with Gasteiger partial charge in [0.2, 0.25) is 0 Å². The molecule has 0 saturated carbocycles. The topological polar surface area (TPSA) is 120 Å². The van der Waals surface area contributed by atoms with Crippen LogP contribution in [0.2, 0.25) is 5.02 Å². The Morgan fingerprint density at radius 2 is 2.16 bits per heavy atom. The van der Waals surface area contributed by atoms with E-state index in [1.54, 1.807) is 65.8 Å². The van der Waals surface area contributed by atoms with Crippen LogP contribution in [0.4, 0.5) is 11.5 Å². The molecule has 4 rings (SSSR count). The van der Waals surface area contributed by atoms with Gasteiger partial charge in [0.15, 0.2) is 5.82 Å². The van der Waals surface area contributed by atoms with Crippen molar-refractivity contribution in [2.75, 3.05) is 18.2 Å². The minimum absolute atomic E-state index is 0.113. The maximum Gasteiger partial charge on any atom is 0.261 e. The minimum atomic E-state index is -0.664. The number of hydrogen-bond donors (Lipinski definition) is 3. The highest BCUT2D eigenvalue weighted by molar-refractivity contribution is 6.31. The van der Waals surface area contributed by atoms with E-state index in [-0.39, 0.29) is 17.9 Å². The van der Waals surface area contributed by atoms with Gasteiger partial charge >= 0.3 is 0 Å². The lowest BCUT2D eigenvalue weighted by atomic mass is 10.1. The molecule has 0 fully saturated rings. The fraction of sp³-hybridized carbons (Fsp3) is 0.190. The second kappa shape index (κ2) is 8.29. The van der Waals surface area contributed by atoms with E-state index in [2.05, 4.69) is 15.5 Å². The number of nitrogen functional groups attached to an aromatic ring is 1. The van der Waals surface area contributed by atoms with Crippen LogP contribution in [0.1, 0.15) is 17.3 Å². The Balaban J connectivity index is 1.81. The highest BCUT2D eigenvalue weighted by atomic mass is 35.5. The molecular weight excluding hydrogens is 420 g/mol. The van der Waals surface area contributed by atoms with Crippen molar-refractivity contribution in [2.24, 2.45) is 0 Å². The Hall–Kier alpha value is -3.56. The first kappa shape index (κ1) is 20.7. The summed E-state index contributed by atoms with van der Waals surface area (Å²) in [6, 6.07) is 10.5. The van der Waals surface area contributed by atoms with Gasteiger partial charge in [-0.3, -0.25) is 9.48 Å². The summed E-state index contributed by atoms with van der Waals surface area (Å²) in [4.78, 5) is 13.2. The summed E-state index contributed by atoms with van der Waals surface area (Å²) in [6.07, 6.45) is 2.56. The smallest absolute Gasteiger partial charge is 0.261 e. The van der Waals surface area contributed by atoms with Crippen molar-refractivity contribution >= 4 is 34.5 Å². The number of aromatic nitrogens is 4. The minimum Gasteiger partial charge on any atom is -0.496 e. The molecule has 3 aromatic heterocycles. The fourth-order valence-electron chi connectivity index (χ4n) is 3.45. The average molecular weight is 441 g/mol. The highest BCUT2D eigenvalue weighted by Crippen LogP contribution is 2.37. The third kappa shape index (κ3) is 3.92. The van der Waals surface area contributed by atoms with Gasteiger partial charge in [0.05, 0.1) is 42.9 Å². The van der Waals surface area contributed by atoms with Gasteiger partial charge in [-0.15, -0.1) is 5.10 Å². The number of anilines is 2. The molecule has 0 aliphatic heterocycles. The lowest BCUT2D eigenvalue weighted by molar-refractivity contribution is 0.102. The van der Waals surface area contributed by atoms with Crippen LogP contribution in [-0.2, 0) is 6.54 Å². The Morgan fingerprint density at radius 1 is 1.35 bits per heavy atom. The fourth-order valence-corrected chi connectivity index (χ4v) is 3.62. The molecule has 0 spiro atoms. The zero-order valence-corrected chi connectivity index (χ0v) is 17.7. The molecule has 0 bridgehead atoms. The van der Waals surface area contributed by atoms with Gasteiger partial charge in [0.1, 0.15) is 11.3 Å². The summed E-state index contributed by atoms with van der Waals surface area (Å²) < 4.78 is 8.62. The molecule has 160 valence electrons. The van der Waals surface area contributed by atoms with Gasteiger partial charge in [0.25, 0.3) is 5.91 Å². The van der Waals surface area contributed by atoms with Gasteiger partial charge in [0, 0.05) is 16.8 Å². The van der Waals surface area contributed by atoms with Crippen LogP contribution in [0, 0.1) is 0 Å². The Bertz CT molecular complexity index is 1260. The van der Waals surface area contributed by atoms with Crippen LogP contribution >= 0.6 is 11.6 Å². The van der Waals surface area contributed by atoms with E-state index in [9.17, 15) is 9.90 Å². The van der Waals surface area contributed by atoms with Crippen molar-refractivity contribution in [3.8, 4) is 17.0 Å². The standard InChI is InChI=1S/C21H21ClN6O3/c1-12(29)11-28-19(14-9-13(22)6-7-17(14)31-2)15(10-24-28)25-21(30)18-16-5-3-4-8-27(16)26-20(18)23/h3-10,12,29H,11H2,1-2H3,(H2,23,26)(H,25,30)/t12-/m1/s1. The number of ether oxygens (including phenoxy) is 1. The first-order chi connectivity index (χ1) is 14.9. The second-order valence-corrected chi connectivity index (χ2v) is 7.46. The number of rotatable bonds is 6. The third-order valence-electron chi connectivity index (χ3n) is 4.74. The Labute approximate surface area is 183 Å². The average Bonchev–Trinajstić information content (AvgIpc) is 3.26. The van der Waals surface area contributed by atoms with Crippen molar-refractivity contribution in [3.63, 3.8) is 0 Å². The maximum atomic E-state index is 13.2. The van der Waals surface area contributed by atoms with Crippen molar-refractivity contribution in [1.82, 2.24) is 19.4 Å². The number of nitrogens with zero attached hydrogens (tertiary/aromatic N) is 4. The normalized spacial score (nSPS) is 12.1. The molecule has 1 amide bonds. The number of carbonyl (C=O) groups is 1. The molecule has 4 aromatic rings. The number of benzene rings is 1. The number of nitrogens with one attached hydrogen (secondary N) is 1. The summed E-state index contributed by atoms with van der Waals surface area (Å²) in [5.41, 5.74) is 8.43. The van der Waals surface area contributed by atoms with Crippen LogP contribution in [0.15, 0.2) is 48.8 Å². The molecule has 4 N–H and O–H groups in total. The van der Waals surface area contributed by atoms with Gasteiger partial charge in [-0.25, -0.2) is 4.52 Å². The summed E-state index contributed by atoms with van der Waals surface area (Å²) >= 11 is 6.22. The number of aliphatic hydroxyl groups excluding tert-OH is 1. The SMILES string of the molecule is COc1ccc(Cl)cc1-c1c(NC(=O)c2c(N)nn3ccccc23)cnn1C[C@@H](C)O. The van der Waals surface area contributed by atoms with E-state index >= 15 is 0 Å². The summed E-state index contributed by atoms with van der Waals surface area (Å²) in [7, 11) is 1.54. The largest absolute Gasteiger partial charge is 0.496 e. The number of pyridine rings is 1. The van der Waals surface area contributed by atoms with Crippen LogP contribution in [0.25, 0.3) is 16.8 Å².